The Kier molecular flexibility index (Phi) is 4.86. The minimum absolute atomic E-state index is 0.205. The van der Waals surface area contributed by atoms with Crippen LogP contribution in [0.4, 0.5) is 5.69 Å². The molecule has 1 aromatic carbocycles. The second-order valence-corrected chi connectivity index (χ2v) is 8.42. The molecule has 1 spiro atoms. The molecule has 2 aromatic rings. The van der Waals surface area contributed by atoms with Gasteiger partial charge in [0, 0.05) is 36.4 Å². The average molecular weight is 390 g/mol. The van der Waals surface area contributed by atoms with Gasteiger partial charge >= 0.3 is 0 Å². The summed E-state index contributed by atoms with van der Waals surface area (Å²) in [4.78, 5) is 6.90. The lowest BCUT2D eigenvalue weighted by atomic mass is 9.77. The molecule has 0 bridgehead atoms. The number of aromatic nitrogens is 1. The molecule has 146 valence electrons. The number of anilines is 1. The van der Waals surface area contributed by atoms with Crippen molar-refractivity contribution in [1.82, 2.24) is 9.29 Å². The number of fused-ring (bicyclic) bond motifs is 1. The summed E-state index contributed by atoms with van der Waals surface area (Å²) in [6.45, 7) is 3.45. The summed E-state index contributed by atoms with van der Waals surface area (Å²) in [5.74, 6) is 1.39. The molecule has 0 amide bonds. The second kappa shape index (κ2) is 7.16. The molecule has 0 atom stereocenters. The Morgan fingerprint density at radius 1 is 1.11 bits per heavy atom. The van der Waals surface area contributed by atoms with Crippen molar-refractivity contribution in [2.45, 2.75) is 19.3 Å². The van der Waals surface area contributed by atoms with Crippen molar-refractivity contribution in [3.63, 3.8) is 0 Å². The number of ether oxygens (including phenoxy) is 2. The molecule has 4 rings (SSSR count). The Morgan fingerprint density at radius 2 is 1.78 bits per heavy atom. The molecular formula is C19H25N4O3S-. The first-order valence-electron chi connectivity index (χ1n) is 9.19. The zero-order valence-electron chi connectivity index (χ0n) is 15.7. The molecule has 0 aliphatic carbocycles. The number of benzene rings is 1. The largest absolute Gasteiger partial charge is 0.493 e. The van der Waals surface area contributed by atoms with Crippen LogP contribution in [0.25, 0.3) is 10.9 Å². The predicted molar refractivity (Wildman–Crippen MR) is 106 cm³/mol. The summed E-state index contributed by atoms with van der Waals surface area (Å²) in [6, 6.07) is 5.98. The summed E-state index contributed by atoms with van der Waals surface area (Å²) in [6.07, 6.45) is 4.98. The van der Waals surface area contributed by atoms with Gasteiger partial charge in [-0.1, -0.05) is 0 Å². The number of rotatable bonds is 4. The summed E-state index contributed by atoms with van der Waals surface area (Å²) in [5, 5.41) is 1.06. The van der Waals surface area contributed by atoms with E-state index in [1.54, 1.807) is 18.5 Å². The maximum atomic E-state index is 11.5. The Labute approximate surface area is 161 Å². The van der Waals surface area contributed by atoms with Gasteiger partial charge < -0.3 is 27.7 Å². The molecule has 1 N–H and O–H groups in total. The first kappa shape index (κ1) is 18.3. The van der Waals surface area contributed by atoms with E-state index in [4.69, 9.17) is 14.3 Å². The molecule has 2 aliphatic heterocycles. The number of hydrogen-bond donors (Lipinski definition) is 1. The van der Waals surface area contributed by atoms with Gasteiger partial charge in [-0.15, -0.1) is 10.8 Å². The summed E-state index contributed by atoms with van der Waals surface area (Å²) < 4.78 is 31.6. The number of methoxy groups -OCH3 is 2. The van der Waals surface area contributed by atoms with Crippen molar-refractivity contribution in [3.05, 3.63) is 24.4 Å². The van der Waals surface area contributed by atoms with E-state index < -0.39 is 10.8 Å². The van der Waals surface area contributed by atoms with Gasteiger partial charge in [-0.2, -0.15) is 0 Å². The fraction of sp³-hybridized carbons (Fsp3) is 0.526. The summed E-state index contributed by atoms with van der Waals surface area (Å²) >= 11 is 0. The SMILES string of the molecule is COc1cc2nccc(N3CCC4(CC3)CCN([S-](=N)=O)C4)c2cc1OC. The molecule has 7 nitrogen and oxygen atoms in total. The van der Waals surface area contributed by atoms with E-state index in [0.29, 0.717) is 11.5 Å². The lowest BCUT2D eigenvalue weighted by molar-refractivity contribution is 0.236. The fourth-order valence-electron chi connectivity index (χ4n) is 4.40. The number of nitrogens with one attached hydrogen (secondary N) is 1. The summed E-state index contributed by atoms with van der Waals surface area (Å²) in [7, 11) is 1.67. The highest BCUT2D eigenvalue weighted by atomic mass is 32.2. The minimum Gasteiger partial charge on any atom is -0.493 e. The highest BCUT2D eigenvalue weighted by molar-refractivity contribution is 7.70. The van der Waals surface area contributed by atoms with Gasteiger partial charge in [-0.3, -0.25) is 4.98 Å². The van der Waals surface area contributed by atoms with E-state index in [0.717, 1.165) is 62.0 Å². The van der Waals surface area contributed by atoms with Crippen molar-refractivity contribution >= 4 is 27.4 Å². The van der Waals surface area contributed by atoms with Gasteiger partial charge in [-0.05, 0) is 49.9 Å². The molecule has 3 heterocycles. The van der Waals surface area contributed by atoms with E-state index in [1.165, 1.54) is 0 Å². The van der Waals surface area contributed by atoms with Crippen LogP contribution in [0, 0.1) is 10.2 Å². The van der Waals surface area contributed by atoms with E-state index in [1.807, 2.05) is 18.3 Å². The number of nitrogens with zero attached hydrogens (tertiary/aromatic N) is 3. The van der Waals surface area contributed by atoms with Crippen LogP contribution >= 0.6 is 0 Å². The van der Waals surface area contributed by atoms with Crippen LogP contribution in [0.1, 0.15) is 19.3 Å². The van der Waals surface area contributed by atoms with Crippen LogP contribution in [0.3, 0.4) is 0 Å². The van der Waals surface area contributed by atoms with Gasteiger partial charge in [0.1, 0.15) is 0 Å². The van der Waals surface area contributed by atoms with Crippen molar-refractivity contribution < 1.29 is 13.7 Å². The van der Waals surface area contributed by atoms with Gasteiger partial charge in [0.2, 0.25) is 0 Å². The first-order valence-corrected chi connectivity index (χ1v) is 10.3. The van der Waals surface area contributed by atoms with E-state index in [2.05, 4.69) is 16.0 Å². The fourth-order valence-corrected chi connectivity index (χ4v) is 5.05. The molecule has 0 saturated carbocycles. The standard InChI is InChI=1S/C19H25N4O3S/c1-25-17-11-14-15(12-18(17)26-2)21-7-3-16(14)22-8-4-19(5-9-22)6-10-23(13-19)27(20)24/h3,7,11-12,20H,4-6,8-10,13H2,1-2H3/q-1. The predicted octanol–water partition coefficient (Wildman–Crippen LogP) is 3.19. The third-order valence-corrected chi connectivity index (χ3v) is 6.81. The molecule has 0 radical (unpaired) electrons. The second-order valence-electron chi connectivity index (χ2n) is 7.40. The van der Waals surface area contributed by atoms with Gasteiger partial charge in [0.15, 0.2) is 11.5 Å². The van der Waals surface area contributed by atoms with Crippen molar-refractivity contribution in [2.24, 2.45) is 5.41 Å². The van der Waals surface area contributed by atoms with Gasteiger partial charge in [0.25, 0.3) is 0 Å². The zero-order chi connectivity index (χ0) is 19.0. The van der Waals surface area contributed by atoms with E-state index in [-0.39, 0.29) is 5.41 Å². The van der Waals surface area contributed by atoms with E-state index in [9.17, 15) is 4.21 Å². The Hall–Kier alpha value is -2.06. The molecule has 2 saturated heterocycles. The summed E-state index contributed by atoms with van der Waals surface area (Å²) in [5.41, 5.74) is 2.26. The highest BCUT2D eigenvalue weighted by Gasteiger charge is 2.39. The Bertz CT molecular complexity index is 915. The van der Waals surface area contributed by atoms with Crippen molar-refractivity contribution in [2.75, 3.05) is 45.3 Å². The van der Waals surface area contributed by atoms with Crippen LogP contribution in [-0.4, -0.2) is 49.7 Å². The normalized spacial score (nSPS) is 19.9. The van der Waals surface area contributed by atoms with Crippen LogP contribution in [0.15, 0.2) is 24.4 Å². The Morgan fingerprint density at radius 3 is 2.41 bits per heavy atom. The third kappa shape index (κ3) is 3.32. The van der Waals surface area contributed by atoms with Crippen LogP contribution in [0.2, 0.25) is 0 Å². The molecule has 2 aliphatic rings. The van der Waals surface area contributed by atoms with Crippen molar-refractivity contribution in [3.8, 4) is 11.5 Å². The molecule has 0 unspecified atom stereocenters. The van der Waals surface area contributed by atoms with E-state index >= 15 is 0 Å². The average Bonchev–Trinajstić information content (AvgIpc) is 3.11. The maximum Gasteiger partial charge on any atom is 0.162 e. The van der Waals surface area contributed by atoms with Gasteiger partial charge in [-0.25, -0.2) is 0 Å². The molecule has 2 fully saturated rings. The third-order valence-electron chi connectivity index (χ3n) is 6.03. The minimum atomic E-state index is -1.60. The number of piperidine rings is 1. The first-order chi connectivity index (χ1) is 13.0. The maximum absolute atomic E-state index is 11.5. The quantitative estimate of drug-likeness (QED) is 0.813. The van der Waals surface area contributed by atoms with Crippen LogP contribution in [-0.2, 0) is 15.0 Å². The zero-order valence-corrected chi connectivity index (χ0v) is 16.6. The van der Waals surface area contributed by atoms with Gasteiger partial charge in [0.05, 0.1) is 19.7 Å². The lowest BCUT2D eigenvalue weighted by Gasteiger charge is -2.41. The van der Waals surface area contributed by atoms with Crippen LogP contribution in [0.5, 0.6) is 11.5 Å². The van der Waals surface area contributed by atoms with Crippen molar-refractivity contribution in [1.29, 1.82) is 4.78 Å². The number of pyridine rings is 1. The topological polar surface area (TPSA) is 78.8 Å². The molecular weight excluding hydrogens is 364 g/mol. The van der Waals surface area contributed by atoms with Crippen LogP contribution < -0.4 is 14.4 Å². The monoisotopic (exact) mass is 389 g/mol. The molecule has 1 aromatic heterocycles. The molecule has 8 heteroatoms. The smallest absolute Gasteiger partial charge is 0.162 e. The highest BCUT2D eigenvalue weighted by Crippen LogP contribution is 2.43. The number of hydrogen-bond acceptors (Lipinski definition) is 7. The Balaban J connectivity index is 1.59. The lowest BCUT2D eigenvalue weighted by Crippen LogP contribution is -2.41. The molecule has 27 heavy (non-hydrogen) atoms.